The third-order valence-electron chi connectivity index (χ3n) is 15.1. The molecular formula is C49H60N24O18. The highest BCUT2D eigenvalue weighted by Gasteiger charge is 2.41. The van der Waals surface area contributed by atoms with Crippen LogP contribution in [0.1, 0.15) is 58.0 Å². The third-order valence-corrected chi connectivity index (χ3v) is 15.1. The number of aromatic amines is 4. The summed E-state index contributed by atoms with van der Waals surface area (Å²) in [5, 5.41) is 61.9. The second kappa shape index (κ2) is 25.2. The average molecular weight is 1270 g/mol. The molecule has 4 fully saturated rings. The molecule has 0 spiro atoms. The molecule has 0 unspecified atom stereocenters. The Kier molecular flexibility index (Phi) is 17.6. The maximum Gasteiger partial charge on any atom is 0.280 e. The molecule has 484 valence electrons. The first kappa shape index (κ1) is 63.6. The van der Waals surface area contributed by atoms with Crippen molar-refractivity contribution in [2.75, 3.05) is 59.9 Å². The number of hydrogen-bond donors (Lipinski definition) is 18. The van der Waals surface area contributed by atoms with Gasteiger partial charge in [0.2, 0.25) is 35.3 Å². The lowest BCUT2D eigenvalue weighted by Crippen LogP contribution is -2.43. The molecule has 12 atom stereocenters. The first-order valence-electron chi connectivity index (χ1n) is 27.1. The van der Waals surface area contributed by atoms with Crippen LogP contribution in [0, 0.1) is 0 Å². The van der Waals surface area contributed by atoms with E-state index in [1.165, 1.54) is 34.4 Å². The van der Waals surface area contributed by atoms with Gasteiger partial charge in [-0.3, -0.25) is 76.6 Å². The van der Waals surface area contributed by atoms with Crippen LogP contribution in [-0.4, -0.2) is 184 Å². The Morgan fingerprint density at radius 3 is 1.20 bits per heavy atom. The largest absolute Gasteiger partial charge is 0.501 e. The van der Waals surface area contributed by atoms with E-state index in [4.69, 9.17) is 68.7 Å². The highest BCUT2D eigenvalue weighted by Crippen LogP contribution is 2.35. The Bertz CT molecular complexity index is 4600. The molecule has 42 nitrogen and oxygen atoms in total. The summed E-state index contributed by atoms with van der Waals surface area (Å²) in [5.74, 6) is -1.83. The van der Waals surface area contributed by atoms with E-state index >= 15 is 0 Å². The maximum atomic E-state index is 12.5. The Balaban J connectivity index is 0.000000159. The van der Waals surface area contributed by atoms with Gasteiger partial charge in [-0.25, -0.2) is 19.9 Å². The minimum Gasteiger partial charge on any atom is -0.501 e. The fourth-order valence-corrected chi connectivity index (χ4v) is 10.6. The van der Waals surface area contributed by atoms with E-state index in [0.29, 0.717) is 24.1 Å². The predicted molar refractivity (Wildman–Crippen MR) is 316 cm³/mol. The molecular weight excluding hydrogens is 1210 g/mol. The lowest BCUT2D eigenvalue weighted by Gasteiger charge is -2.23. The molecule has 10 aromatic rings. The fraction of sp³-hybridized carbons (Fsp3) is 0.429. The van der Waals surface area contributed by atoms with Crippen molar-refractivity contribution in [3.8, 4) is 11.5 Å². The molecule has 91 heavy (non-hydrogen) atoms. The number of aliphatic hydroxyl groups excluding tert-OH is 4. The van der Waals surface area contributed by atoms with Crippen molar-refractivity contribution in [3.63, 3.8) is 0 Å². The second-order valence-corrected chi connectivity index (χ2v) is 20.9. The van der Waals surface area contributed by atoms with E-state index < -0.39 is 130 Å². The van der Waals surface area contributed by atoms with Crippen molar-refractivity contribution in [2.24, 2.45) is 11.5 Å². The number of nitrogen functional groups attached to an aromatic ring is 4. The number of anilines is 6. The Hall–Kier alpha value is -10.4. The summed E-state index contributed by atoms with van der Waals surface area (Å²) in [6, 6.07) is -0.882. The molecule has 0 bridgehead atoms. The topological polar surface area (TPSA) is 661 Å². The number of aromatic nitrogens is 16. The first-order chi connectivity index (χ1) is 43.0. The number of nitrogens with two attached hydrogens (primary N) is 6. The zero-order valence-corrected chi connectivity index (χ0v) is 46.3. The van der Waals surface area contributed by atoms with Gasteiger partial charge < -0.3 is 94.6 Å². The van der Waals surface area contributed by atoms with Crippen molar-refractivity contribution in [2.45, 2.75) is 107 Å². The Labute approximate surface area is 503 Å². The van der Waals surface area contributed by atoms with Gasteiger partial charge in [0, 0.05) is 44.8 Å². The molecule has 24 N–H and O–H groups in total. The van der Waals surface area contributed by atoms with Crippen molar-refractivity contribution < 1.29 is 49.6 Å². The van der Waals surface area contributed by atoms with Crippen LogP contribution in [-0.2, 0) is 18.9 Å². The zero-order chi connectivity index (χ0) is 64.3. The van der Waals surface area contributed by atoms with E-state index in [-0.39, 0.29) is 115 Å². The van der Waals surface area contributed by atoms with Crippen LogP contribution in [0.4, 0.5) is 35.2 Å². The van der Waals surface area contributed by atoms with Gasteiger partial charge in [-0.1, -0.05) is 7.43 Å². The van der Waals surface area contributed by atoms with E-state index in [1.54, 1.807) is 9.13 Å². The maximum absolute atomic E-state index is 12.5. The average Bonchev–Trinajstić information content (AvgIpc) is 1.67. The molecule has 4 saturated heterocycles. The molecule has 4 aliphatic rings. The van der Waals surface area contributed by atoms with Crippen LogP contribution < -0.4 is 89.0 Å². The van der Waals surface area contributed by atoms with Crippen molar-refractivity contribution in [3.05, 3.63) is 108 Å². The summed E-state index contributed by atoms with van der Waals surface area (Å²) in [5.41, 5.74) is 29.9. The molecule has 12 heterocycles. The van der Waals surface area contributed by atoms with Gasteiger partial charge in [-0.2, -0.15) is 19.9 Å². The van der Waals surface area contributed by atoms with E-state index in [1.807, 2.05) is 0 Å². The monoisotopic (exact) mass is 1270 g/mol. The summed E-state index contributed by atoms with van der Waals surface area (Å²) in [6.45, 7) is -0.370. The molecule has 0 radical (unpaired) electrons. The summed E-state index contributed by atoms with van der Waals surface area (Å²) in [7, 11) is 0. The number of nitrogens with zero attached hydrogens (tertiary/aromatic N) is 12. The highest BCUT2D eigenvalue weighted by molar-refractivity contribution is 5.75. The number of ether oxygens (including phenoxy) is 4. The number of aromatic hydroxyl groups is 2. The standard InChI is InChI=1S/C24H26N12O8.2C10H14N6O3.C4H2O4.CH4/c25-23-31-19-15(21(41)33-23)28-5-35(19)11-1-7(10(4-37)44-11)30-14-13(17(39)18(14)40)27-3-9-8(38)2-12(43-9)36-6-29-16-20(36)32-24(26)34-22(16)42;11-4-1-6(19-5(4)2-17)16-3-13-7-8(16)14-10(12)15-9(7)18;11-2-5-4(17)1-6(19-5)16-3-13-7-8(16)14-10(12)15-9(7)18;5-1-2(6)4(8)3(1)7;/h5-12,27,30,37-38H,1-4H2,(H3,25,31,33,41)(H3,26,32,34,42);2*3-6,17H,1-2,11H2,(H3,12,14,15,18);5-6H;1H4/t7-,8-,9+,10+,11+,12+;2*4-,5+,6+;;/m000../s1. The Morgan fingerprint density at radius 1 is 0.495 bits per heavy atom. The van der Waals surface area contributed by atoms with Crippen molar-refractivity contribution in [1.82, 2.24) is 78.1 Å². The van der Waals surface area contributed by atoms with Crippen LogP contribution in [0.5, 0.6) is 11.5 Å². The van der Waals surface area contributed by atoms with Crippen molar-refractivity contribution in [1.29, 1.82) is 0 Å². The highest BCUT2D eigenvalue weighted by atomic mass is 16.5. The quantitative estimate of drug-likeness (QED) is 0.0505. The Morgan fingerprint density at radius 2 is 0.835 bits per heavy atom. The van der Waals surface area contributed by atoms with Gasteiger partial charge in [0.15, 0.2) is 44.7 Å². The minimum atomic E-state index is -1.01. The molecule has 42 heteroatoms. The van der Waals surface area contributed by atoms with E-state index in [0.717, 1.165) is 0 Å². The molecule has 2 aromatic carbocycles. The molecule has 0 saturated carbocycles. The van der Waals surface area contributed by atoms with Gasteiger partial charge in [0.25, 0.3) is 44.0 Å². The van der Waals surface area contributed by atoms with Gasteiger partial charge in [-0.15, -0.1) is 0 Å². The summed E-state index contributed by atoms with van der Waals surface area (Å²) >= 11 is 0. The third kappa shape index (κ3) is 11.9. The summed E-state index contributed by atoms with van der Waals surface area (Å²) in [6.07, 6.45) is 0.509. The number of H-pyrrole nitrogens is 4. The van der Waals surface area contributed by atoms with Crippen LogP contribution in [0.3, 0.4) is 0 Å². The summed E-state index contributed by atoms with van der Waals surface area (Å²) in [4.78, 5) is 134. The van der Waals surface area contributed by atoms with Crippen LogP contribution >= 0.6 is 0 Å². The number of nitrogens with one attached hydrogen (secondary N) is 6. The van der Waals surface area contributed by atoms with Crippen LogP contribution in [0.25, 0.3) is 44.7 Å². The summed E-state index contributed by atoms with van der Waals surface area (Å²) < 4.78 is 29.3. The van der Waals surface area contributed by atoms with Crippen LogP contribution in [0.2, 0.25) is 0 Å². The normalized spacial score (nSPS) is 24.5. The molecule has 0 aliphatic carbocycles. The van der Waals surface area contributed by atoms with Crippen molar-refractivity contribution >= 4 is 79.8 Å². The SMILES string of the molecule is C.NC[C@H]1O[C@@H](n2cnc3c(=O)[nH]c(N)nc32)C[C@@H]1O.Nc1nc2c(ncn2[C@H]2C[C@H](N)[C@@H](CO)O2)c(=O)[nH]1.Nc1nc2c(ncn2[C@H]2C[C@H](Nc3c(NC[C@H]4O[C@@H](n5cnc6c(=O)[nH]c(N)nc65)C[C@@H]4O)c(=O)c3=O)[C@@H](CO)O2)c(=O)[nH]1.O=c1c(O)c(O)c1=O. The lowest BCUT2D eigenvalue weighted by molar-refractivity contribution is -0.0233. The second-order valence-electron chi connectivity index (χ2n) is 20.9. The fourth-order valence-electron chi connectivity index (χ4n) is 10.6. The zero-order valence-electron chi connectivity index (χ0n) is 46.3. The molecule has 8 aromatic heterocycles. The number of aliphatic hydroxyl groups is 4. The smallest absolute Gasteiger partial charge is 0.280 e. The van der Waals surface area contributed by atoms with Gasteiger partial charge >= 0.3 is 0 Å². The number of rotatable bonds is 12. The number of fused-ring (bicyclic) bond motifs is 4. The van der Waals surface area contributed by atoms with Gasteiger partial charge in [0.05, 0.1) is 69.0 Å². The lowest BCUT2D eigenvalue weighted by atomic mass is 10.1. The molecule has 0 amide bonds. The molecule has 14 rings (SSSR count). The number of imidazole rings is 4. The van der Waals surface area contributed by atoms with E-state index in [2.05, 4.69) is 70.4 Å². The minimum absolute atomic E-state index is 0. The van der Waals surface area contributed by atoms with Crippen LogP contribution in [0.15, 0.2) is 63.7 Å². The molecule has 4 aliphatic heterocycles. The number of hydrogen-bond acceptors (Lipinski definition) is 34. The predicted octanol–water partition coefficient (Wildman–Crippen LogP) is -7.22. The van der Waals surface area contributed by atoms with Gasteiger partial charge in [-0.05, 0) is 0 Å². The first-order valence-corrected chi connectivity index (χ1v) is 27.1. The van der Waals surface area contributed by atoms with E-state index in [9.17, 15) is 53.7 Å². The van der Waals surface area contributed by atoms with Gasteiger partial charge in [0.1, 0.15) is 48.5 Å².